The number of ether oxygens (including phenoxy) is 1. The molecular formula is C14H13F3N2O2. The molecule has 0 aromatic heterocycles. The highest BCUT2D eigenvalue weighted by molar-refractivity contribution is 5.90. The maximum atomic E-state index is 13.5. The van der Waals surface area contributed by atoms with Gasteiger partial charge in [0, 0.05) is 12.3 Å². The third-order valence-corrected chi connectivity index (χ3v) is 4.82. The number of carbonyl (C=O) groups excluding carboxylic acids is 1. The summed E-state index contributed by atoms with van der Waals surface area (Å²) in [6.45, 7) is 0. The topological polar surface area (TPSA) is 50.4 Å². The van der Waals surface area contributed by atoms with E-state index in [1.165, 1.54) is 0 Å². The summed E-state index contributed by atoms with van der Waals surface area (Å²) in [7, 11) is 0. The second-order valence-corrected chi connectivity index (χ2v) is 5.98. The van der Waals surface area contributed by atoms with Crippen molar-refractivity contribution in [1.82, 2.24) is 5.32 Å². The molecule has 2 aliphatic carbocycles. The summed E-state index contributed by atoms with van der Waals surface area (Å²) in [4.78, 5) is 12.0. The van der Waals surface area contributed by atoms with Crippen LogP contribution in [0.5, 0.6) is 0 Å². The average Bonchev–Trinajstić information content (AvgIpc) is 3.12. The molecule has 0 radical (unpaired) electrons. The highest BCUT2D eigenvalue weighted by Gasteiger charge is 2.65. The van der Waals surface area contributed by atoms with Crippen LogP contribution in [0.2, 0.25) is 0 Å². The van der Waals surface area contributed by atoms with Gasteiger partial charge in [-0.1, -0.05) is 0 Å². The molecule has 2 aliphatic heterocycles. The van der Waals surface area contributed by atoms with Crippen LogP contribution in [0, 0.1) is 29.3 Å². The number of halogens is 3. The number of hydrogen-bond donors (Lipinski definition) is 2. The quantitative estimate of drug-likeness (QED) is 0.825. The highest BCUT2D eigenvalue weighted by atomic mass is 19.2. The molecule has 112 valence electrons. The van der Waals surface area contributed by atoms with E-state index >= 15 is 0 Å². The monoisotopic (exact) mass is 298 g/mol. The van der Waals surface area contributed by atoms with Crippen molar-refractivity contribution >= 4 is 11.7 Å². The molecule has 0 spiro atoms. The van der Waals surface area contributed by atoms with Gasteiger partial charge in [-0.3, -0.25) is 0 Å². The van der Waals surface area contributed by atoms with Crippen LogP contribution in [-0.2, 0) is 4.74 Å². The van der Waals surface area contributed by atoms with Gasteiger partial charge < -0.3 is 15.4 Å². The van der Waals surface area contributed by atoms with Crippen molar-refractivity contribution < 1.29 is 22.7 Å². The first-order chi connectivity index (χ1) is 9.98. The Labute approximate surface area is 118 Å². The molecule has 7 heteroatoms. The molecular weight excluding hydrogens is 285 g/mol. The lowest BCUT2D eigenvalue weighted by atomic mass is 9.95. The molecule has 1 aromatic rings. The summed E-state index contributed by atoms with van der Waals surface area (Å²) in [6, 6.07) is 1.08. The zero-order valence-corrected chi connectivity index (χ0v) is 11.0. The predicted molar refractivity (Wildman–Crippen MR) is 66.9 cm³/mol. The summed E-state index contributed by atoms with van der Waals surface area (Å²) >= 11 is 0. The molecule has 2 saturated carbocycles. The Balaban J connectivity index is 1.49. The van der Waals surface area contributed by atoms with Crippen LogP contribution < -0.4 is 10.6 Å². The van der Waals surface area contributed by atoms with E-state index in [-0.39, 0.29) is 12.0 Å². The Bertz CT molecular complexity index is 623. The molecule has 3 unspecified atom stereocenters. The van der Waals surface area contributed by atoms with Gasteiger partial charge in [-0.2, -0.15) is 0 Å². The van der Waals surface area contributed by atoms with Crippen molar-refractivity contribution in [1.29, 1.82) is 0 Å². The molecule has 2 heterocycles. The van der Waals surface area contributed by atoms with Gasteiger partial charge in [0.1, 0.15) is 5.72 Å². The van der Waals surface area contributed by atoms with E-state index in [0.717, 1.165) is 31.4 Å². The Morgan fingerprint density at radius 3 is 2.62 bits per heavy atom. The number of urea groups is 1. The van der Waals surface area contributed by atoms with Crippen molar-refractivity contribution in [2.75, 3.05) is 5.32 Å². The van der Waals surface area contributed by atoms with Crippen LogP contribution in [0.25, 0.3) is 0 Å². The summed E-state index contributed by atoms with van der Waals surface area (Å²) in [5.74, 6) is -3.55. The van der Waals surface area contributed by atoms with E-state index in [0.29, 0.717) is 5.92 Å². The van der Waals surface area contributed by atoms with E-state index in [1.807, 2.05) is 0 Å². The maximum absolute atomic E-state index is 13.5. The van der Waals surface area contributed by atoms with Gasteiger partial charge in [-0.25, -0.2) is 18.0 Å². The van der Waals surface area contributed by atoms with E-state index in [4.69, 9.17) is 4.74 Å². The summed E-state index contributed by atoms with van der Waals surface area (Å²) < 4.78 is 45.3. The van der Waals surface area contributed by atoms with Crippen LogP contribution >= 0.6 is 0 Å². The van der Waals surface area contributed by atoms with Crippen LogP contribution in [0.3, 0.4) is 0 Å². The van der Waals surface area contributed by atoms with Crippen molar-refractivity contribution in [3.05, 3.63) is 29.6 Å². The lowest BCUT2D eigenvalue weighted by Gasteiger charge is -2.29. The van der Waals surface area contributed by atoms with Crippen molar-refractivity contribution in [3.63, 3.8) is 0 Å². The van der Waals surface area contributed by atoms with Crippen molar-refractivity contribution in [3.8, 4) is 0 Å². The van der Waals surface area contributed by atoms with Gasteiger partial charge >= 0.3 is 6.03 Å². The zero-order chi connectivity index (χ0) is 14.8. The van der Waals surface area contributed by atoms with Crippen LogP contribution in [0.4, 0.5) is 23.7 Å². The average molecular weight is 298 g/mol. The SMILES string of the molecule is O=C(Nc1ccc(F)c(F)c1F)N[C@]12CC3CC1CC3O2. The molecule has 1 aromatic carbocycles. The third-order valence-electron chi connectivity index (χ3n) is 4.82. The first-order valence-corrected chi connectivity index (χ1v) is 6.89. The molecule has 4 fully saturated rings. The number of rotatable bonds is 2. The molecule has 2 saturated heterocycles. The molecule has 4 atom stereocenters. The van der Waals surface area contributed by atoms with Crippen LogP contribution in [0.15, 0.2) is 12.1 Å². The number of anilines is 1. The largest absolute Gasteiger partial charge is 0.352 e. The number of nitrogens with one attached hydrogen (secondary N) is 2. The number of carbonyl (C=O) groups is 1. The van der Waals surface area contributed by atoms with Gasteiger partial charge in [0.15, 0.2) is 17.5 Å². The van der Waals surface area contributed by atoms with Gasteiger partial charge in [0.2, 0.25) is 0 Å². The number of amides is 2. The molecule has 4 nitrogen and oxygen atoms in total. The summed E-state index contributed by atoms with van der Waals surface area (Å²) in [6.07, 6.45) is 2.93. The second kappa shape index (κ2) is 4.13. The van der Waals surface area contributed by atoms with Gasteiger partial charge in [-0.15, -0.1) is 0 Å². The maximum Gasteiger partial charge on any atom is 0.321 e. The minimum absolute atomic E-state index is 0.204. The predicted octanol–water partition coefficient (Wildman–Crippen LogP) is 2.75. The molecule has 2 amide bonds. The number of hydrogen-bond acceptors (Lipinski definition) is 2. The van der Waals surface area contributed by atoms with E-state index in [9.17, 15) is 18.0 Å². The lowest BCUT2D eigenvalue weighted by Crippen LogP contribution is -2.51. The molecule has 4 aliphatic rings. The van der Waals surface area contributed by atoms with Crippen LogP contribution in [0.1, 0.15) is 19.3 Å². The van der Waals surface area contributed by atoms with Gasteiger partial charge in [0.25, 0.3) is 0 Å². The minimum atomic E-state index is -1.61. The first-order valence-electron chi connectivity index (χ1n) is 6.89. The minimum Gasteiger partial charge on any atom is -0.352 e. The zero-order valence-electron chi connectivity index (χ0n) is 11.0. The fraction of sp³-hybridized carbons (Fsp3) is 0.500. The standard InChI is InChI=1S/C14H13F3N2O2/c15-8-1-2-9(12(17)11(8)16)18-13(20)19-14-5-6-3-7(14)4-10(6)21-14/h1-2,6-7,10H,3-5H2,(H2,18,19,20)/t6?,7?,10?,14-/m0/s1. The summed E-state index contributed by atoms with van der Waals surface area (Å²) in [5.41, 5.74) is -1.07. The van der Waals surface area contributed by atoms with Crippen LogP contribution in [-0.4, -0.2) is 17.9 Å². The molecule has 5 rings (SSSR count). The Morgan fingerprint density at radius 2 is 2.05 bits per heavy atom. The highest BCUT2D eigenvalue weighted by Crippen LogP contribution is 2.60. The van der Waals surface area contributed by atoms with Gasteiger partial charge in [0.05, 0.1) is 11.8 Å². The summed E-state index contributed by atoms with van der Waals surface area (Å²) in [5, 5.41) is 4.94. The second-order valence-electron chi connectivity index (χ2n) is 5.98. The van der Waals surface area contributed by atoms with Crippen molar-refractivity contribution in [2.45, 2.75) is 31.1 Å². The Kier molecular flexibility index (Phi) is 2.54. The number of benzene rings is 1. The van der Waals surface area contributed by atoms with E-state index in [1.54, 1.807) is 0 Å². The molecule has 21 heavy (non-hydrogen) atoms. The van der Waals surface area contributed by atoms with E-state index in [2.05, 4.69) is 10.6 Å². The molecule has 2 N–H and O–H groups in total. The van der Waals surface area contributed by atoms with E-state index < -0.39 is 34.9 Å². The van der Waals surface area contributed by atoms with Gasteiger partial charge in [-0.05, 0) is 30.9 Å². The first kappa shape index (κ1) is 12.9. The molecule has 4 bridgehead atoms. The van der Waals surface area contributed by atoms with Crippen molar-refractivity contribution in [2.24, 2.45) is 11.8 Å². The fourth-order valence-electron chi connectivity index (χ4n) is 3.95. The Hall–Kier alpha value is -1.76. The lowest BCUT2D eigenvalue weighted by molar-refractivity contribution is -0.0389. The smallest absolute Gasteiger partial charge is 0.321 e. The normalized spacial score (nSPS) is 35.5. The fourth-order valence-corrected chi connectivity index (χ4v) is 3.95. The third kappa shape index (κ3) is 1.76. The Morgan fingerprint density at radius 1 is 1.24 bits per heavy atom.